The van der Waals surface area contributed by atoms with Crippen molar-refractivity contribution in [2.24, 2.45) is 0 Å². The maximum Gasteiger partial charge on any atom is 0.414 e. The van der Waals surface area contributed by atoms with E-state index in [9.17, 15) is 10.1 Å². The van der Waals surface area contributed by atoms with Crippen molar-refractivity contribution in [2.45, 2.75) is 13.3 Å². The molecule has 0 saturated heterocycles. The second-order valence-electron chi connectivity index (χ2n) is 7.56. The number of ether oxygens (including phenoxy) is 3. The molecule has 1 amide bonds. The van der Waals surface area contributed by atoms with Crippen molar-refractivity contribution in [3.8, 4) is 23.4 Å². The van der Waals surface area contributed by atoms with Gasteiger partial charge < -0.3 is 23.5 Å². The predicted molar refractivity (Wildman–Crippen MR) is 124 cm³/mol. The highest BCUT2D eigenvalue weighted by atomic mass is 16.6. The zero-order valence-electron chi connectivity index (χ0n) is 18.7. The Morgan fingerprint density at radius 2 is 2.00 bits per heavy atom. The molecule has 0 saturated carbocycles. The van der Waals surface area contributed by atoms with E-state index in [-0.39, 0.29) is 0 Å². The van der Waals surface area contributed by atoms with Crippen LogP contribution in [0.5, 0.6) is 17.4 Å². The molecule has 3 aromatic heterocycles. The fourth-order valence-electron chi connectivity index (χ4n) is 3.54. The summed E-state index contributed by atoms with van der Waals surface area (Å²) in [5.41, 5.74) is 2.96. The average Bonchev–Trinajstić information content (AvgIpc) is 3.14. The number of pyridine rings is 2. The van der Waals surface area contributed by atoms with E-state index in [1.165, 1.54) is 4.90 Å². The normalized spacial score (nSPS) is 10.7. The molecule has 0 spiro atoms. The van der Waals surface area contributed by atoms with E-state index in [0.717, 1.165) is 16.5 Å². The fraction of sp³-hybridized carbons (Fsp3) is 0.240. The number of nitriles is 1. The summed E-state index contributed by atoms with van der Waals surface area (Å²) in [6.07, 6.45) is 3.56. The van der Waals surface area contributed by atoms with E-state index in [0.29, 0.717) is 48.1 Å². The first-order chi connectivity index (χ1) is 16.0. The first kappa shape index (κ1) is 22.0. The maximum atomic E-state index is 12.1. The summed E-state index contributed by atoms with van der Waals surface area (Å²) >= 11 is 0. The van der Waals surface area contributed by atoms with Gasteiger partial charge in [-0.1, -0.05) is 24.3 Å². The van der Waals surface area contributed by atoms with E-state index in [2.05, 4.69) is 11.1 Å². The molecule has 8 nitrogen and oxygen atoms in total. The predicted octanol–water partition coefficient (Wildman–Crippen LogP) is 4.44. The van der Waals surface area contributed by atoms with Crippen LogP contribution in [0.15, 0.2) is 54.9 Å². The van der Waals surface area contributed by atoms with E-state index in [4.69, 9.17) is 14.2 Å². The van der Waals surface area contributed by atoms with Gasteiger partial charge in [0.05, 0.1) is 30.5 Å². The molecule has 8 heteroatoms. The summed E-state index contributed by atoms with van der Waals surface area (Å²) in [6.45, 7) is 2.82. The number of amides is 1. The summed E-state index contributed by atoms with van der Waals surface area (Å²) in [5, 5.41) is 10.7. The molecule has 0 N–H and O–H groups in total. The van der Waals surface area contributed by atoms with Gasteiger partial charge in [0, 0.05) is 44.2 Å². The second kappa shape index (κ2) is 9.49. The number of fused-ring (bicyclic) bond motifs is 3. The Hall–Kier alpha value is -4.25. The Bertz CT molecular complexity index is 1340. The minimum absolute atomic E-state index is 0.323. The molecule has 0 aliphatic carbocycles. The van der Waals surface area contributed by atoms with Crippen LogP contribution in [0.3, 0.4) is 0 Å². The Labute approximate surface area is 191 Å². The Balaban J connectivity index is 1.68. The van der Waals surface area contributed by atoms with Crippen LogP contribution in [-0.4, -0.2) is 47.7 Å². The molecule has 0 aliphatic heterocycles. The number of hydrogen-bond donors (Lipinski definition) is 0. The van der Waals surface area contributed by atoms with Crippen molar-refractivity contribution in [3.63, 3.8) is 0 Å². The summed E-state index contributed by atoms with van der Waals surface area (Å²) in [4.78, 5) is 17.8. The molecule has 0 radical (unpaired) electrons. The third-order valence-corrected chi connectivity index (χ3v) is 5.09. The third kappa shape index (κ3) is 4.53. The van der Waals surface area contributed by atoms with Crippen molar-refractivity contribution >= 4 is 22.5 Å². The van der Waals surface area contributed by atoms with Crippen LogP contribution in [0.25, 0.3) is 16.4 Å². The van der Waals surface area contributed by atoms with Crippen molar-refractivity contribution < 1.29 is 19.0 Å². The van der Waals surface area contributed by atoms with Crippen LogP contribution in [0.1, 0.15) is 18.1 Å². The van der Waals surface area contributed by atoms with E-state index >= 15 is 0 Å². The van der Waals surface area contributed by atoms with Gasteiger partial charge >= 0.3 is 6.09 Å². The lowest BCUT2D eigenvalue weighted by Gasteiger charge is -2.14. The number of hydrogen-bond acceptors (Lipinski definition) is 6. The van der Waals surface area contributed by atoms with Crippen LogP contribution in [0.2, 0.25) is 0 Å². The largest absolute Gasteiger partial charge is 0.491 e. The number of rotatable bonds is 7. The Morgan fingerprint density at radius 1 is 1.18 bits per heavy atom. The quantitative estimate of drug-likeness (QED) is 0.419. The summed E-state index contributed by atoms with van der Waals surface area (Å²) < 4.78 is 18.8. The van der Waals surface area contributed by atoms with Crippen molar-refractivity contribution in [2.75, 3.05) is 27.3 Å². The highest BCUT2D eigenvalue weighted by molar-refractivity contribution is 5.97. The number of aromatic nitrogens is 2. The van der Waals surface area contributed by atoms with Gasteiger partial charge in [-0.2, -0.15) is 5.26 Å². The molecule has 0 aliphatic rings. The lowest BCUT2D eigenvalue weighted by atomic mass is 10.1. The molecule has 0 bridgehead atoms. The summed E-state index contributed by atoms with van der Waals surface area (Å²) in [5.74, 6) is 1.37. The molecule has 4 rings (SSSR count). The molecular weight excluding hydrogens is 420 g/mol. The molecule has 0 atom stereocenters. The number of benzene rings is 1. The van der Waals surface area contributed by atoms with Gasteiger partial charge in [-0.25, -0.2) is 9.78 Å². The second-order valence-corrected chi connectivity index (χ2v) is 7.56. The number of carbonyl (C=O) groups is 1. The average molecular weight is 444 g/mol. The number of nitrogens with zero attached hydrogens (tertiary/aromatic N) is 4. The summed E-state index contributed by atoms with van der Waals surface area (Å²) in [7, 11) is 3.23. The molecule has 168 valence electrons. The zero-order valence-corrected chi connectivity index (χ0v) is 18.7. The minimum atomic E-state index is -0.502. The fourth-order valence-corrected chi connectivity index (χ4v) is 3.54. The van der Waals surface area contributed by atoms with Crippen molar-refractivity contribution in [3.05, 3.63) is 66.0 Å². The number of para-hydroxylation sites is 1. The molecular formula is C25H24N4O4. The minimum Gasteiger partial charge on any atom is -0.491 e. The lowest BCUT2D eigenvalue weighted by molar-refractivity contribution is 0.171. The van der Waals surface area contributed by atoms with Crippen LogP contribution in [-0.2, 0) is 6.42 Å². The van der Waals surface area contributed by atoms with Gasteiger partial charge in [-0.15, -0.1) is 0 Å². The SMILES string of the molecule is CCOc1ccc(CCOc2cc(OC(=O)N(C)C)cn3c2c(C#N)c2ccccc23)cn1. The van der Waals surface area contributed by atoms with Gasteiger partial charge in [-0.05, 0) is 18.6 Å². The van der Waals surface area contributed by atoms with Gasteiger partial charge in [0.25, 0.3) is 0 Å². The highest BCUT2D eigenvalue weighted by Crippen LogP contribution is 2.35. The van der Waals surface area contributed by atoms with Crippen LogP contribution < -0.4 is 14.2 Å². The molecule has 0 fully saturated rings. The van der Waals surface area contributed by atoms with Crippen LogP contribution >= 0.6 is 0 Å². The Kier molecular flexibility index (Phi) is 6.31. The smallest absolute Gasteiger partial charge is 0.414 e. The lowest BCUT2D eigenvalue weighted by Crippen LogP contribution is -2.25. The standard InChI is InChI=1S/C25H24N4O4/c1-4-31-23-10-9-17(15-27-23)11-12-32-22-13-18(33-25(30)28(2)3)16-29-21-8-6-5-7-19(21)20(14-26)24(22)29/h5-10,13,15-16H,4,11-12H2,1-3H3. The van der Waals surface area contributed by atoms with Gasteiger partial charge in [0.1, 0.15) is 17.3 Å². The summed E-state index contributed by atoms with van der Waals surface area (Å²) in [6, 6.07) is 15.3. The van der Waals surface area contributed by atoms with Crippen LogP contribution in [0.4, 0.5) is 4.79 Å². The van der Waals surface area contributed by atoms with Crippen molar-refractivity contribution in [1.29, 1.82) is 5.26 Å². The molecule has 3 heterocycles. The molecule has 1 aromatic carbocycles. The Morgan fingerprint density at radius 3 is 2.70 bits per heavy atom. The topological polar surface area (TPSA) is 89.1 Å². The molecule has 4 aromatic rings. The third-order valence-electron chi connectivity index (χ3n) is 5.09. The van der Waals surface area contributed by atoms with E-state index in [1.807, 2.05) is 47.7 Å². The molecule has 33 heavy (non-hydrogen) atoms. The first-order valence-corrected chi connectivity index (χ1v) is 10.6. The highest BCUT2D eigenvalue weighted by Gasteiger charge is 2.19. The van der Waals surface area contributed by atoms with Gasteiger partial charge in [0.15, 0.2) is 5.75 Å². The van der Waals surface area contributed by atoms with Gasteiger partial charge in [-0.3, -0.25) is 0 Å². The van der Waals surface area contributed by atoms with Crippen LogP contribution in [0, 0.1) is 11.3 Å². The van der Waals surface area contributed by atoms with Crippen molar-refractivity contribution in [1.82, 2.24) is 14.3 Å². The van der Waals surface area contributed by atoms with Gasteiger partial charge in [0.2, 0.25) is 5.88 Å². The monoisotopic (exact) mass is 444 g/mol. The maximum absolute atomic E-state index is 12.1. The van der Waals surface area contributed by atoms with E-state index < -0.39 is 6.09 Å². The number of carbonyl (C=O) groups excluding carboxylic acids is 1. The zero-order chi connectivity index (χ0) is 23.4. The molecule has 0 unspecified atom stereocenters. The first-order valence-electron chi connectivity index (χ1n) is 10.6. The van der Waals surface area contributed by atoms with E-state index in [1.54, 1.807) is 32.6 Å².